The summed E-state index contributed by atoms with van der Waals surface area (Å²) in [5.74, 6) is -0.445. The van der Waals surface area contributed by atoms with E-state index in [4.69, 9.17) is 0 Å². The van der Waals surface area contributed by atoms with Gasteiger partial charge in [0.2, 0.25) is 5.91 Å². The van der Waals surface area contributed by atoms with Gasteiger partial charge in [0.05, 0.1) is 39.5 Å². The molecule has 0 spiro atoms. The van der Waals surface area contributed by atoms with E-state index in [1.807, 2.05) is 12.2 Å². The number of nitrogens with zero attached hydrogens (tertiary/aromatic N) is 2. The first kappa shape index (κ1) is 14.1. The van der Waals surface area contributed by atoms with Crippen LogP contribution >= 0.6 is 11.8 Å². The average molecular weight is 283 g/mol. The van der Waals surface area contributed by atoms with Crippen molar-refractivity contribution in [3.8, 4) is 0 Å². The van der Waals surface area contributed by atoms with Gasteiger partial charge >= 0.3 is 5.97 Å². The highest BCUT2D eigenvalue weighted by molar-refractivity contribution is 8.00. The number of carboxylic acids is 1. The Hall–Kier alpha value is -1.27. The van der Waals surface area contributed by atoms with Crippen LogP contribution in [0.25, 0.3) is 0 Å². The van der Waals surface area contributed by atoms with Crippen molar-refractivity contribution in [2.75, 3.05) is 33.4 Å². The van der Waals surface area contributed by atoms with E-state index in [2.05, 4.69) is 21.1 Å². The Balaban J connectivity index is 2.22. The third-order valence-corrected chi connectivity index (χ3v) is 4.30. The largest absolute Gasteiger partial charge is 0.477 e. The Morgan fingerprint density at radius 1 is 1.53 bits per heavy atom. The van der Waals surface area contributed by atoms with Gasteiger partial charge in [0.25, 0.3) is 0 Å². The second-order valence-electron chi connectivity index (χ2n) is 5.79. The molecule has 0 bridgehead atoms. The molecule has 0 unspecified atom stereocenters. The molecule has 0 aliphatic carbocycles. The lowest BCUT2D eigenvalue weighted by atomic mass is 10.1. The van der Waals surface area contributed by atoms with Gasteiger partial charge in [-0.3, -0.25) is 9.69 Å². The summed E-state index contributed by atoms with van der Waals surface area (Å²) in [5.41, 5.74) is 0.896. The van der Waals surface area contributed by atoms with Crippen molar-refractivity contribution in [3.63, 3.8) is 0 Å². The minimum absolute atomic E-state index is 0.0224. The van der Waals surface area contributed by atoms with Gasteiger partial charge in [0, 0.05) is 5.75 Å². The highest BCUT2D eigenvalue weighted by Crippen LogP contribution is 2.40. The molecule has 0 radical (unpaired) electrons. The highest BCUT2D eigenvalue weighted by Gasteiger charge is 2.44. The molecule has 1 fully saturated rings. The van der Waals surface area contributed by atoms with Gasteiger partial charge in [-0.05, 0) is 11.6 Å². The number of carbonyl (C=O) groups excluding carboxylic acids is 1. The Kier molecular flexibility index (Phi) is 3.73. The Bertz CT molecular complexity index is 477. The molecule has 5 nitrogen and oxygen atoms in total. The molecule has 2 aliphatic rings. The predicted octanol–water partition coefficient (Wildman–Crippen LogP) is 0.893. The minimum Gasteiger partial charge on any atom is -0.477 e. The molecule has 1 saturated heterocycles. The maximum Gasteiger partial charge on any atom is 0.352 e. The summed E-state index contributed by atoms with van der Waals surface area (Å²) in [5, 5.41) is 9.33. The number of likely N-dealkylation sites (N-methyl/N-ethyl adjacent to an activating group) is 1. The van der Waals surface area contributed by atoms with E-state index in [-0.39, 0.29) is 17.0 Å². The topological polar surface area (TPSA) is 57.6 Å². The summed E-state index contributed by atoms with van der Waals surface area (Å²) in [6, 6.07) is 0. The van der Waals surface area contributed by atoms with Crippen LogP contribution in [-0.2, 0) is 9.59 Å². The van der Waals surface area contributed by atoms with Crippen LogP contribution < -0.4 is 0 Å². The average Bonchev–Trinajstić information content (AvgIpc) is 2.26. The highest BCUT2D eigenvalue weighted by atomic mass is 32.2. The maximum absolute atomic E-state index is 11.5. The molecule has 2 aliphatic heterocycles. The first-order chi connectivity index (χ1) is 8.79. The maximum atomic E-state index is 11.5. The summed E-state index contributed by atoms with van der Waals surface area (Å²) in [4.78, 5) is 24.3. The van der Waals surface area contributed by atoms with Crippen LogP contribution in [-0.4, -0.2) is 65.2 Å². The number of quaternary nitrogens is 1. The molecular weight excluding hydrogens is 264 g/mol. The first-order valence-corrected chi connectivity index (χ1v) is 7.21. The summed E-state index contributed by atoms with van der Waals surface area (Å²) < 4.78 is 0.782. The molecule has 19 heavy (non-hydrogen) atoms. The Morgan fingerprint density at radius 3 is 2.74 bits per heavy atom. The fourth-order valence-electron chi connectivity index (χ4n) is 2.08. The van der Waals surface area contributed by atoms with Crippen molar-refractivity contribution in [1.29, 1.82) is 0 Å². The number of hydrogen-bond acceptors (Lipinski definition) is 3. The molecule has 104 valence electrons. The van der Waals surface area contributed by atoms with Gasteiger partial charge in [-0.1, -0.05) is 6.08 Å². The number of hydrogen-bond donors (Lipinski definition) is 1. The first-order valence-electron chi connectivity index (χ1n) is 6.17. The molecule has 6 heteroatoms. The van der Waals surface area contributed by atoms with Gasteiger partial charge < -0.3 is 9.59 Å². The summed E-state index contributed by atoms with van der Waals surface area (Å²) in [6.45, 7) is 0.818. The van der Waals surface area contributed by atoms with Crippen LogP contribution in [0, 0.1) is 0 Å². The molecular formula is C13H19N2O3S+. The van der Waals surface area contributed by atoms with E-state index >= 15 is 0 Å². The normalized spacial score (nSPS) is 23.6. The van der Waals surface area contributed by atoms with Crippen LogP contribution in [0.1, 0.15) is 6.42 Å². The van der Waals surface area contributed by atoms with Crippen molar-refractivity contribution in [3.05, 3.63) is 23.4 Å². The number of rotatable bonds is 4. The molecule has 1 N–H and O–H groups in total. The van der Waals surface area contributed by atoms with Crippen LogP contribution in [0.15, 0.2) is 23.4 Å². The number of thioether (sulfide) groups is 1. The molecule has 1 atom stereocenters. The quantitative estimate of drug-likeness (QED) is 0.615. The lowest BCUT2D eigenvalue weighted by molar-refractivity contribution is -0.864. The van der Waals surface area contributed by atoms with Crippen LogP contribution in [0.2, 0.25) is 0 Å². The van der Waals surface area contributed by atoms with Crippen LogP contribution in [0.3, 0.4) is 0 Å². The second kappa shape index (κ2) is 5.02. The Morgan fingerprint density at radius 2 is 2.21 bits per heavy atom. The monoisotopic (exact) mass is 283 g/mol. The zero-order chi connectivity index (χ0) is 14.2. The molecule has 0 aromatic rings. The van der Waals surface area contributed by atoms with Gasteiger partial charge in [-0.2, -0.15) is 0 Å². The number of aliphatic carboxylic acids is 1. The molecule has 1 amide bonds. The lowest BCUT2D eigenvalue weighted by Crippen LogP contribution is -2.53. The molecule has 2 rings (SSSR count). The van der Waals surface area contributed by atoms with Gasteiger partial charge in [0.15, 0.2) is 0 Å². The molecule has 0 aromatic heterocycles. The fourth-order valence-corrected chi connectivity index (χ4v) is 3.31. The zero-order valence-electron chi connectivity index (χ0n) is 11.4. The second-order valence-corrected chi connectivity index (χ2v) is 6.95. The third-order valence-electron chi connectivity index (χ3n) is 3.06. The van der Waals surface area contributed by atoms with Crippen molar-refractivity contribution in [1.82, 2.24) is 4.90 Å². The number of β-lactam (4-membered cyclic amide) rings is 1. The minimum atomic E-state index is -1.01. The third kappa shape index (κ3) is 3.01. The lowest BCUT2D eigenvalue weighted by Gasteiger charge is -2.43. The fraction of sp³-hybridized carbons (Fsp3) is 0.538. The van der Waals surface area contributed by atoms with E-state index in [1.54, 1.807) is 11.8 Å². The van der Waals surface area contributed by atoms with Gasteiger partial charge in [-0.25, -0.2) is 4.79 Å². The number of allylic oxidation sites excluding steroid dienone is 1. The van der Waals surface area contributed by atoms with Crippen LogP contribution in [0.5, 0.6) is 0 Å². The summed E-state index contributed by atoms with van der Waals surface area (Å²) in [7, 11) is 6.21. The van der Waals surface area contributed by atoms with E-state index in [0.717, 1.165) is 16.6 Å². The smallest absolute Gasteiger partial charge is 0.352 e. The Labute approximate surface area is 117 Å². The molecule has 0 saturated carbocycles. The standard InChI is InChI=1S/C13H18N2O3S/c1-15(2,3)6-4-5-9-8-19-11-7-10(16)14(11)12(9)13(17)18/h4-5,11H,6-8H2,1-3H3/p+1/t11-/m1/s1. The molecule has 2 heterocycles. The zero-order valence-corrected chi connectivity index (χ0v) is 12.2. The van der Waals surface area contributed by atoms with E-state index in [9.17, 15) is 14.7 Å². The van der Waals surface area contributed by atoms with Crippen molar-refractivity contribution < 1.29 is 19.2 Å². The van der Waals surface area contributed by atoms with E-state index in [1.165, 1.54) is 4.90 Å². The van der Waals surface area contributed by atoms with E-state index < -0.39 is 5.97 Å². The van der Waals surface area contributed by atoms with Gasteiger partial charge in [-0.15, -0.1) is 11.8 Å². The van der Waals surface area contributed by atoms with Crippen molar-refractivity contribution >= 4 is 23.6 Å². The van der Waals surface area contributed by atoms with Gasteiger partial charge in [0.1, 0.15) is 5.70 Å². The summed E-state index contributed by atoms with van der Waals surface area (Å²) >= 11 is 1.63. The molecule has 0 aromatic carbocycles. The van der Waals surface area contributed by atoms with Crippen molar-refractivity contribution in [2.45, 2.75) is 11.8 Å². The number of amides is 1. The number of fused-ring (bicyclic) bond motifs is 1. The van der Waals surface area contributed by atoms with E-state index in [0.29, 0.717) is 12.2 Å². The summed E-state index contributed by atoms with van der Waals surface area (Å²) in [6.07, 6.45) is 4.28. The number of carbonyl (C=O) groups is 2. The van der Waals surface area contributed by atoms with Crippen molar-refractivity contribution in [2.24, 2.45) is 0 Å². The predicted molar refractivity (Wildman–Crippen MR) is 74.4 cm³/mol. The SMILES string of the molecule is C[N+](C)(C)CC=CC1=C(C(=O)O)N2C(=O)C[C@H]2SC1. The number of carboxylic acid groups (broad SMARTS) is 1. The van der Waals surface area contributed by atoms with Crippen LogP contribution in [0.4, 0.5) is 0 Å².